The first kappa shape index (κ1) is 10.5. The summed E-state index contributed by atoms with van der Waals surface area (Å²) in [5, 5.41) is 6.95. The minimum atomic E-state index is 0.505. The fraction of sp³-hybridized carbons (Fsp3) is 0.273. The van der Waals surface area contributed by atoms with Crippen LogP contribution in [0.3, 0.4) is 0 Å². The monoisotopic (exact) mass is 218 g/mol. The largest absolute Gasteiger partial charge is 0.397 e. The normalized spacial score (nSPS) is 10.4. The van der Waals surface area contributed by atoms with Crippen LogP contribution in [0.15, 0.2) is 22.7 Å². The molecule has 0 fully saturated rings. The van der Waals surface area contributed by atoms with Gasteiger partial charge in [0, 0.05) is 6.92 Å². The highest BCUT2D eigenvalue weighted by molar-refractivity contribution is 5.66. The second-order valence-corrected chi connectivity index (χ2v) is 3.67. The molecule has 0 saturated carbocycles. The molecule has 1 aromatic carbocycles. The summed E-state index contributed by atoms with van der Waals surface area (Å²) in [6, 6.07) is 5.86. The Labute approximate surface area is 93.7 Å². The third kappa shape index (κ3) is 2.31. The predicted octanol–water partition coefficient (Wildman–Crippen LogP) is 1.88. The topological polar surface area (TPSA) is 77.0 Å². The molecule has 5 heteroatoms. The maximum atomic E-state index is 5.86. The third-order valence-corrected chi connectivity index (χ3v) is 2.21. The Balaban J connectivity index is 2.04. The van der Waals surface area contributed by atoms with Crippen molar-refractivity contribution in [3.8, 4) is 0 Å². The first-order valence-corrected chi connectivity index (χ1v) is 5.04. The summed E-state index contributed by atoms with van der Waals surface area (Å²) in [6.45, 7) is 4.27. The second kappa shape index (κ2) is 4.22. The van der Waals surface area contributed by atoms with Crippen molar-refractivity contribution in [2.45, 2.75) is 20.4 Å². The van der Waals surface area contributed by atoms with Crippen LogP contribution in [0.1, 0.15) is 17.3 Å². The van der Waals surface area contributed by atoms with Gasteiger partial charge >= 0.3 is 0 Å². The van der Waals surface area contributed by atoms with Gasteiger partial charge in [0.15, 0.2) is 5.82 Å². The van der Waals surface area contributed by atoms with E-state index in [4.69, 9.17) is 10.3 Å². The molecule has 0 aliphatic carbocycles. The van der Waals surface area contributed by atoms with Gasteiger partial charge in [-0.2, -0.15) is 4.98 Å². The van der Waals surface area contributed by atoms with E-state index < -0.39 is 0 Å². The molecule has 0 radical (unpaired) electrons. The van der Waals surface area contributed by atoms with Crippen LogP contribution in [0, 0.1) is 13.8 Å². The summed E-state index contributed by atoms with van der Waals surface area (Å²) >= 11 is 0. The van der Waals surface area contributed by atoms with Crippen LogP contribution in [0.25, 0.3) is 0 Å². The van der Waals surface area contributed by atoms with Gasteiger partial charge in [-0.25, -0.2) is 0 Å². The maximum Gasteiger partial charge on any atom is 0.223 e. The number of nitrogen functional groups attached to an aromatic ring is 1. The van der Waals surface area contributed by atoms with Gasteiger partial charge in [0.2, 0.25) is 5.89 Å². The Morgan fingerprint density at radius 3 is 2.81 bits per heavy atom. The standard InChI is InChI=1S/C11H14N4O/c1-7-3-4-10(9(12)5-7)13-6-11-14-8(2)16-15-11/h3-5,13H,6,12H2,1-2H3. The van der Waals surface area contributed by atoms with Crippen LogP contribution in [-0.4, -0.2) is 10.1 Å². The summed E-state index contributed by atoms with van der Waals surface area (Å²) in [7, 11) is 0. The molecule has 0 bridgehead atoms. The smallest absolute Gasteiger partial charge is 0.223 e. The zero-order valence-corrected chi connectivity index (χ0v) is 9.32. The molecule has 0 aliphatic rings. The average Bonchev–Trinajstić information content (AvgIpc) is 2.63. The van der Waals surface area contributed by atoms with Crippen LogP contribution in [0.2, 0.25) is 0 Å². The average molecular weight is 218 g/mol. The maximum absolute atomic E-state index is 5.86. The zero-order chi connectivity index (χ0) is 11.5. The van der Waals surface area contributed by atoms with Crippen molar-refractivity contribution in [3.05, 3.63) is 35.5 Å². The quantitative estimate of drug-likeness (QED) is 0.769. The van der Waals surface area contributed by atoms with E-state index in [1.54, 1.807) is 6.92 Å². The molecule has 0 saturated heterocycles. The summed E-state index contributed by atoms with van der Waals surface area (Å²) in [5.74, 6) is 1.19. The lowest BCUT2D eigenvalue weighted by atomic mass is 10.2. The highest BCUT2D eigenvalue weighted by Crippen LogP contribution is 2.19. The van der Waals surface area contributed by atoms with Crippen LogP contribution >= 0.6 is 0 Å². The van der Waals surface area contributed by atoms with E-state index in [1.165, 1.54) is 0 Å². The van der Waals surface area contributed by atoms with Crippen LogP contribution in [-0.2, 0) is 6.54 Å². The molecule has 3 N–H and O–H groups in total. The summed E-state index contributed by atoms with van der Waals surface area (Å²) < 4.78 is 4.87. The van der Waals surface area contributed by atoms with Gasteiger partial charge in [0.25, 0.3) is 0 Å². The first-order chi connectivity index (χ1) is 7.65. The molecule has 5 nitrogen and oxygen atoms in total. The van der Waals surface area contributed by atoms with Crippen molar-refractivity contribution < 1.29 is 4.52 Å². The van der Waals surface area contributed by atoms with Crippen molar-refractivity contribution in [2.75, 3.05) is 11.1 Å². The Morgan fingerprint density at radius 1 is 1.38 bits per heavy atom. The number of rotatable bonds is 3. The molecule has 0 spiro atoms. The lowest BCUT2D eigenvalue weighted by molar-refractivity contribution is 0.388. The van der Waals surface area contributed by atoms with E-state index >= 15 is 0 Å². The first-order valence-electron chi connectivity index (χ1n) is 5.04. The van der Waals surface area contributed by atoms with Crippen molar-refractivity contribution in [1.29, 1.82) is 0 Å². The number of nitrogens with zero attached hydrogens (tertiary/aromatic N) is 2. The van der Waals surface area contributed by atoms with Gasteiger partial charge in [0.05, 0.1) is 17.9 Å². The Bertz CT molecular complexity index is 492. The van der Waals surface area contributed by atoms with Gasteiger partial charge in [0.1, 0.15) is 0 Å². The van der Waals surface area contributed by atoms with Crippen molar-refractivity contribution in [2.24, 2.45) is 0 Å². The zero-order valence-electron chi connectivity index (χ0n) is 9.32. The van der Waals surface area contributed by atoms with E-state index in [0.717, 1.165) is 16.9 Å². The number of anilines is 2. The molecule has 1 aromatic heterocycles. The molecule has 0 unspecified atom stereocenters. The lowest BCUT2D eigenvalue weighted by Crippen LogP contribution is -2.04. The van der Waals surface area contributed by atoms with Crippen molar-refractivity contribution >= 4 is 11.4 Å². The van der Waals surface area contributed by atoms with Gasteiger partial charge in [-0.3, -0.25) is 0 Å². The number of hydrogen-bond acceptors (Lipinski definition) is 5. The van der Waals surface area contributed by atoms with E-state index in [2.05, 4.69) is 15.5 Å². The Kier molecular flexibility index (Phi) is 2.76. The Morgan fingerprint density at radius 2 is 2.19 bits per heavy atom. The van der Waals surface area contributed by atoms with Gasteiger partial charge in [-0.15, -0.1) is 0 Å². The van der Waals surface area contributed by atoms with E-state index in [1.807, 2.05) is 25.1 Å². The fourth-order valence-electron chi connectivity index (χ4n) is 1.43. The van der Waals surface area contributed by atoms with Crippen molar-refractivity contribution in [1.82, 2.24) is 10.1 Å². The predicted molar refractivity (Wildman–Crippen MR) is 62.0 cm³/mol. The van der Waals surface area contributed by atoms with Crippen LogP contribution in [0.4, 0.5) is 11.4 Å². The molecule has 1 heterocycles. The SMILES string of the molecule is Cc1ccc(NCc2noc(C)n2)c(N)c1. The van der Waals surface area contributed by atoms with E-state index in [9.17, 15) is 0 Å². The van der Waals surface area contributed by atoms with Gasteiger partial charge < -0.3 is 15.6 Å². The molecular weight excluding hydrogens is 204 g/mol. The van der Waals surface area contributed by atoms with Gasteiger partial charge in [-0.1, -0.05) is 11.2 Å². The summed E-state index contributed by atoms with van der Waals surface area (Å²) in [6.07, 6.45) is 0. The minimum Gasteiger partial charge on any atom is -0.397 e. The minimum absolute atomic E-state index is 0.505. The van der Waals surface area contributed by atoms with Crippen LogP contribution in [0.5, 0.6) is 0 Å². The number of nitrogens with two attached hydrogens (primary N) is 1. The summed E-state index contributed by atoms with van der Waals surface area (Å²) in [4.78, 5) is 4.09. The van der Waals surface area contributed by atoms with Crippen molar-refractivity contribution in [3.63, 3.8) is 0 Å². The molecule has 84 valence electrons. The van der Waals surface area contributed by atoms with E-state index in [-0.39, 0.29) is 0 Å². The van der Waals surface area contributed by atoms with E-state index in [0.29, 0.717) is 18.3 Å². The molecule has 2 rings (SSSR count). The van der Waals surface area contributed by atoms with Gasteiger partial charge in [-0.05, 0) is 24.6 Å². The number of benzene rings is 1. The highest BCUT2D eigenvalue weighted by atomic mass is 16.5. The number of nitrogens with one attached hydrogen (secondary N) is 1. The number of aryl methyl sites for hydroxylation is 2. The molecule has 16 heavy (non-hydrogen) atoms. The lowest BCUT2D eigenvalue weighted by Gasteiger charge is -2.07. The second-order valence-electron chi connectivity index (χ2n) is 3.67. The molecule has 0 amide bonds. The molecule has 0 aliphatic heterocycles. The van der Waals surface area contributed by atoms with Crippen LogP contribution < -0.4 is 11.1 Å². The number of hydrogen-bond donors (Lipinski definition) is 2. The molecule has 0 atom stereocenters. The fourth-order valence-corrected chi connectivity index (χ4v) is 1.43. The summed E-state index contributed by atoms with van der Waals surface area (Å²) in [5.41, 5.74) is 8.61. The third-order valence-electron chi connectivity index (χ3n) is 2.21. The molecule has 2 aromatic rings. The number of aromatic nitrogens is 2. The Hall–Kier alpha value is -2.04. The molecular formula is C11H14N4O. The highest BCUT2D eigenvalue weighted by Gasteiger charge is 2.03.